The van der Waals surface area contributed by atoms with Gasteiger partial charge in [-0.05, 0) is 61.9 Å². The standard InChI is InChI=1S/C35H38N4O7/c1-8-19-15(3)26(14-40)36-25(19)13-24-18(6)28-32(38-24)29(30(33(28)43)35(45)46-7)31-21(10-11-27(41)42)17(5)22(37-31)12-23-16(4)20(9-2)34(44)39-23/h9,12,14,17,21,36,38-39,44H,2,8,10-11,13H2,1,3-7H3,(H,41,42)/b22-12-/t17-,21-/m0/s1. The monoisotopic (exact) mass is 626 g/mol. The molecule has 240 valence electrons. The number of ether oxygens (including phenoxy) is 1. The molecule has 46 heavy (non-hydrogen) atoms. The molecule has 0 saturated heterocycles. The molecule has 0 bridgehead atoms. The molecule has 1 aliphatic carbocycles. The highest BCUT2D eigenvalue weighted by atomic mass is 16.5. The number of aromatic hydroxyl groups is 1. The third kappa shape index (κ3) is 5.15. The molecule has 3 aromatic rings. The first-order valence-electron chi connectivity index (χ1n) is 15.2. The highest BCUT2D eigenvalue weighted by Crippen LogP contribution is 2.46. The fourth-order valence-corrected chi connectivity index (χ4v) is 6.85. The number of methoxy groups -OCH3 is 1. The first-order valence-corrected chi connectivity index (χ1v) is 15.2. The summed E-state index contributed by atoms with van der Waals surface area (Å²) in [4.78, 5) is 65.0. The van der Waals surface area contributed by atoms with Crippen molar-refractivity contribution in [2.45, 2.75) is 60.3 Å². The Morgan fingerprint density at radius 2 is 1.78 bits per heavy atom. The van der Waals surface area contributed by atoms with E-state index in [0.29, 0.717) is 63.6 Å². The molecule has 0 fully saturated rings. The Morgan fingerprint density at radius 1 is 1.07 bits per heavy atom. The average Bonchev–Trinajstić information content (AvgIpc) is 3.76. The summed E-state index contributed by atoms with van der Waals surface area (Å²) in [5, 5.41) is 19.9. The molecule has 2 atom stereocenters. The fraction of sp³-hybridized carbons (Fsp3) is 0.343. The number of carbonyl (C=O) groups is 4. The molecule has 5 N–H and O–H groups in total. The van der Waals surface area contributed by atoms with Crippen LogP contribution in [-0.4, -0.2) is 62.0 Å². The van der Waals surface area contributed by atoms with Crippen molar-refractivity contribution in [3.63, 3.8) is 0 Å². The number of aromatic amines is 3. The number of hydrogen-bond donors (Lipinski definition) is 5. The molecule has 4 heterocycles. The van der Waals surface area contributed by atoms with E-state index in [1.54, 1.807) is 12.2 Å². The summed E-state index contributed by atoms with van der Waals surface area (Å²) in [6.45, 7) is 13.2. The van der Waals surface area contributed by atoms with Crippen molar-refractivity contribution in [2.75, 3.05) is 7.11 Å². The number of nitrogens with one attached hydrogen (secondary N) is 3. The van der Waals surface area contributed by atoms with Crippen LogP contribution in [0.25, 0.3) is 17.7 Å². The van der Waals surface area contributed by atoms with Gasteiger partial charge < -0.3 is 29.9 Å². The van der Waals surface area contributed by atoms with Crippen LogP contribution in [0.5, 0.6) is 5.88 Å². The largest absolute Gasteiger partial charge is 0.494 e. The van der Waals surface area contributed by atoms with Crippen LogP contribution >= 0.6 is 0 Å². The summed E-state index contributed by atoms with van der Waals surface area (Å²) in [6.07, 6.45) is 5.30. The van der Waals surface area contributed by atoms with Crippen molar-refractivity contribution in [1.82, 2.24) is 15.0 Å². The number of carbonyl (C=O) groups excluding carboxylic acids is 3. The van der Waals surface area contributed by atoms with Gasteiger partial charge in [-0.1, -0.05) is 26.5 Å². The van der Waals surface area contributed by atoms with Crippen molar-refractivity contribution in [3.05, 3.63) is 79.7 Å². The summed E-state index contributed by atoms with van der Waals surface area (Å²) in [5.41, 5.74) is 8.57. The normalized spacial score (nSPS) is 18.3. The SMILES string of the molecule is C=Cc1c(O)[nH]c(/C=C2\N=C(C3=C(C(=O)OC)C(=O)c4c3[nH]c(Cc3[nH]c(C=O)c(C)c3CC)c4C)[C@@H](CCC(=O)O)[C@@H]2C)c1C. The first kappa shape index (κ1) is 32.2. The van der Waals surface area contributed by atoms with E-state index >= 15 is 0 Å². The van der Waals surface area contributed by atoms with Gasteiger partial charge in [0.15, 0.2) is 12.2 Å². The lowest BCUT2D eigenvalue weighted by Gasteiger charge is -2.19. The van der Waals surface area contributed by atoms with E-state index in [4.69, 9.17) is 9.73 Å². The molecular formula is C35H38N4O7. The number of carboxylic acid groups (broad SMARTS) is 1. The van der Waals surface area contributed by atoms with Gasteiger partial charge in [0.05, 0.1) is 29.8 Å². The number of nitrogens with zero attached hydrogens (tertiary/aromatic N) is 1. The maximum Gasteiger partial charge on any atom is 0.342 e. The van der Waals surface area contributed by atoms with Crippen LogP contribution in [0.4, 0.5) is 0 Å². The van der Waals surface area contributed by atoms with E-state index in [0.717, 1.165) is 34.4 Å². The van der Waals surface area contributed by atoms with Gasteiger partial charge in [-0.3, -0.25) is 19.4 Å². The van der Waals surface area contributed by atoms with Gasteiger partial charge in [0, 0.05) is 58.6 Å². The van der Waals surface area contributed by atoms with E-state index in [2.05, 4.69) is 21.5 Å². The minimum atomic E-state index is -0.976. The van der Waals surface area contributed by atoms with Crippen LogP contribution in [0.1, 0.15) is 98.1 Å². The van der Waals surface area contributed by atoms with Gasteiger partial charge in [0.2, 0.25) is 5.78 Å². The smallest absolute Gasteiger partial charge is 0.342 e. The first-order chi connectivity index (χ1) is 21.9. The quantitative estimate of drug-likeness (QED) is 0.104. The van der Waals surface area contributed by atoms with Crippen LogP contribution in [0.15, 0.2) is 22.8 Å². The fourth-order valence-electron chi connectivity index (χ4n) is 6.85. The number of hydrogen-bond acceptors (Lipinski definition) is 7. The molecule has 0 aromatic carbocycles. The van der Waals surface area contributed by atoms with Crippen molar-refractivity contribution in [2.24, 2.45) is 16.8 Å². The number of rotatable bonds is 11. The van der Waals surface area contributed by atoms with Crippen LogP contribution in [-0.2, 0) is 27.2 Å². The zero-order chi connectivity index (χ0) is 33.6. The highest BCUT2D eigenvalue weighted by molar-refractivity contribution is 6.45. The Hall–Kier alpha value is -5.19. The highest BCUT2D eigenvalue weighted by Gasteiger charge is 2.45. The predicted molar refractivity (Wildman–Crippen MR) is 174 cm³/mol. The maximum atomic E-state index is 14.0. The maximum absolute atomic E-state index is 14.0. The van der Waals surface area contributed by atoms with Gasteiger partial charge in [0.25, 0.3) is 0 Å². The third-order valence-corrected chi connectivity index (χ3v) is 9.44. The third-order valence-electron chi connectivity index (χ3n) is 9.44. The van der Waals surface area contributed by atoms with E-state index in [9.17, 15) is 29.4 Å². The molecule has 0 unspecified atom stereocenters. The summed E-state index contributed by atoms with van der Waals surface area (Å²) in [5.74, 6) is -3.04. The molecule has 2 aliphatic rings. The Morgan fingerprint density at radius 3 is 2.37 bits per heavy atom. The molecule has 5 rings (SSSR count). The number of aliphatic carboxylic acids is 1. The number of carboxylic acids is 1. The minimum absolute atomic E-state index is 0.0310. The Kier molecular flexibility index (Phi) is 8.62. The number of aromatic nitrogens is 3. The second-order valence-electron chi connectivity index (χ2n) is 11.8. The molecular weight excluding hydrogens is 588 g/mol. The predicted octanol–water partition coefficient (Wildman–Crippen LogP) is 5.65. The molecule has 0 spiro atoms. The van der Waals surface area contributed by atoms with E-state index < -0.39 is 23.6 Å². The number of ketones is 1. The molecule has 3 aromatic heterocycles. The molecule has 1 aliphatic heterocycles. The lowest BCUT2D eigenvalue weighted by molar-refractivity contribution is -0.137. The topological polar surface area (TPSA) is 178 Å². The minimum Gasteiger partial charge on any atom is -0.494 e. The molecule has 0 radical (unpaired) electrons. The number of fused-ring (bicyclic) bond motifs is 1. The molecule has 0 saturated carbocycles. The van der Waals surface area contributed by atoms with Crippen molar-refractivity contribution in [1.29, 1.82) is 0 Å². The number of Topliss-reactive ketones (excluding diaryl/α,β-unsaturated/α-hetero) is 1. The van der Waals surface area contributed by atoms with Crippen LogP contribution in [0, 0.1) is 32.6 Å². The van der Waals surface area contributed by atoms with Gasteiger partial charge in [-0.25, -0.2) is 4.79 Å². The second-order valence-corrected chi connectivity index (χ2v) is 11.8. The van der Waals surface area contributed by atoms with Crippen molar-refractivity contribution >= 4 is 47.4 Å². The van der Waals surface area contributed by atoms with E-state index in [1.807, 2.05) is 34.6 Å². The Labute approximate surface area is 266 Å². The zero-order valence-corrected chi connectivity index (χ0v) is 26.8. The van der Waals surface area contributed by atoms with Gasteiger partial charge in [-0.2, -0.15) is 0 Å². The Balaban J connectivity index is 1.69. The second kappa shape index (κ2) is 12.3. The van der Waals surface area contributed by atoms with Crippen molar-refractivity contribution < 1.29 is 34.1 Å². The Bertz CT molecular complexity index is 1910. The van der Waals surface area contributed by atoms with Crippen LogP contribution < -0.4 is 0 Å². The van der Waals surface area contributed by atoms with Gasteiger partial charge in [-0.15, -0.1) is 0 Å². The molecule has 0 amide bonds. The number of aldehydes is 1. The van der Waals surface area contributed by atoms with Crippen LogP contribution in [0.3, 0.4) is 0 Å². The summed E-state index contributed by atoms with van der Waals surface area (Å²) >= 11 is 0. The lowest BCUT2D eigenvalue weighted by atomic mass is 9.82. The lowest BCUT2D eigenvalue weighted by Crippen LogP contribution is -2.22. The summed E-state index contributed by atoms with van der Waals surface area (Å²) < 4.78 is 5.07. The summed E-state index contributed by atoms with van der Waals surface area (Å²) in [6, 6.07) is 0. The average molecular weight is 627 g/mol. The number of aliphatic imine (C=N–C) groups is 1. The number of esters is 1. The zero-order valence-electron chi connectivity index (χ0n) is 26.8. The van der Waals surface area contributed by atoms with Crippen LogP contribution in [0.2, 0.25) is 0 Å². The molecule has 11 nitrogen and oxygen atoms in total. The van der Waals surface area contributed by atoms with Gasteiger partial charge >= 0.3 is 11.9 Å². The van der Waals surface area contributed by atoms with E-state index in [1.165, 1.54) is 7.11 Å². The van der Waals surface area contributed by atoms with E-state index in [-0.39, 0.29) is 30.2 Å². The number of allylic oxidation sites excluding steroid dienone is 2. The molecule has 11 heteroatoms. The van der Waals surface area contributed by atoms with Gasteiger partial charge in [0.1, 0.15) is 5.57 Å². The van der Waals surface area contributed by atoms with Crippen molar-refractivity contribution in [3.8, 4) is 5.88 Å². The summed E-state index contributed by atoms with van der Waals surface area (Å²) in [7, 11) is 1.21. The number of H-pyrrole nitrogens is 3.